The van der Waals surface area contributed by atoms with Gasteiger partial charge in [0.1, 0.15) is 11.6 Å². The third kappa shape index (κ3) is 6.01. The molecule has 2 aromatic carbocycles. The molecule has 2 aromatic rings. The van der Waals surface area contributed by atoms with Gasteiger partial charge in [-0.2, -0.15) is 0 Å². The average molecular weight is 409 g/mol. The highest BCUT2D eigenvalue weighted by Crippen LogP contribution is 2.25. The fourth-order valence-electron chi connectivity index (χ4n) is 3.71. The Morgan fingerprint density at radius 3 is 2.07 bits per heavy atom. The average Bonchev–Trinajstić information content (AvgIpc) is 2.68. The molecule has 2 unspecified atom stereocenters. The van der Waals surface area contributed by atoms with Crippen molar-refractivity contribution >= 4 is 18.3 Å². The molecule has 6 heteroatoms. The number of hydrogen-bond donors (Lipinski definition) is 2. The number of rotatable bonds is 6. The van der Waals surface area contributed by atoms with E-state index in [1.165, 1.54) is 24.3 Å². The lowest BCUT2D eigenvalue weighted by atomic mass is 9.85. The normalized spacial score (nSPS) is 17.6. The van der Waals surface area contributed by atoms with Gasteiger partial charge >= 0.3 is 0 Å². The van der Waals surface area contributed by atoms with Crippen molar-refractivity contribution in [2.24, 2.45) is 11.8 Å². The molecular weight excluding hydrogens is 382 g/mol. The molecule has 1 heterocycles. The van der Waals surface area contributed by atoms with Gasteiger partial charge in [-0.05, 0) is 73.2 Å². The van der Waals surface area contributed by atoms with Crippen molar-refractivity contribution in [1.29, 1.82) is 0 Å². The second-order valence-corrected chi connectivity index (χ2v) is 7.39. The van der Waals surface area contributed by atoms with Crippen molar-refractivity contribution in [3.8, 4) is 0 Å². The summed E-state index contributed by atoms with van der Waals surface area (Å²) in [7, 11) is 0. The first-order chi connectivity index (χ1) is 13.0. The van der Waals surface area contributed by atoms with Crippen LogP contribution in [0, 0.1) is 23.5 Å². The van der Waals surface area contributed by atoms with Gasteiger partial charge in [0, 0.05) is 6.42 Å². The van der Waals surface area contributed by atoms with E-state index < -0.39 is 6.04 Å². The Hall–Kier alpha value is -1.98. The maximum atomic E-state index is 13.3. The molecule has 0 bridgehead atoms. The highest BCUT2D eigenvalue weighted by Gasteiger charge is 2.24. The number of benzene rings is 2. The third-order valence-corrected chi connectivity index (χ3v) is 5.36. The van der Waals surface area contributed by atoms with Gasteiger partial charge in [-0.3, -0.25) is 4.79 Å². The molecule has 0 spiro atoms. The second-order valence-electron chi connectivity index (χ2n) is 7.39. The molecule has 2 N–H and O–H groups in total. The number of amides is 1. The Labute approximate surface area is 171 Å². The Bertz CT molecular complexity index is 701. The van der Waals surface area contributed by atoms with Gasteiger partial charge in [0.15, 0.2) is 0 Å². The summed E-state index contributed by atoms with van der Waals surface area (Å²) in [5, 5.41) is 6.44. The van der Waals surface area contributed by atoms with Crippen molar-refractivity contribution in [3.63, 3.8) is 0 Å². The molecule has 3 rings (SSSR count). The minimum Gasteiger partial charge on any atom is -0.345 e. The van der Waals surface area contributed by atoms with Crippen molar-refractivity contribution in [2.75, 3.05) is 13.1 Å². The zero-order chi connectivity index (χ0) is 19.2. The molecule has 3 nitrogen and oxygen atoms in total. The molecule has 0 aliphatic carbocycles. The molecule has 0 saturated carbocycles. The van der Waals surface area contributed by atoms with E-state index in [2.05, 4.69) is 17.6 Å². The number of piperidine rings is 1. The zero-order valence-corrected chi connectivity index (χ0v) is 16.8. The number of hydrogen-bond acceptors (Lipinski definition) is 2. The van der Waals surface area contributed by atoms with Crippen LogP contribution in [0.3, 0.4) is 0 Å². The van der Waals surface area contributed by atoms with Crippen molar-refractivity contribution in [3.05, 3.63) is 71.3 Å². The molecule has 1 fully saturated rings. The van der Waals surface area contributed by atoms with Crippen molar-refractivity contribution in [2.45, 2.75) is 32.2 Å². The lowest BCUT2D eigenvalue weighted by Crippen LogP contribution is -2.36. The Morgan fingerprint density at radius 2 is 1.61 bits per heavy atom. The lowest BCUT2D eigenvalue weighted by molar-refractivity contribution is -0.122. The summed E-state index contributed by atoms with van der Waals surface area (Å²) in [6.45, 7) is 4.11. The molecule has 152 valence electrons. The molecular formula is C22H27ClF2N2O. The van der Waals surface area contributed by atoms with E-state index in [0.29, 0.717) is 12.3 Å². The lowest BCUT2D eigenvalue weighted by Gasteiger charge is -2.28. The summed E-state index contributed by atoms with van der Waals surface area (Å²) >= 11 is 0. The summed E-state index contributed by atoms with van der Waals surface area (Å²) < 4.78 is 26.6. The van der Waals surface area contributed by atoms with Gasteiger partial charge in [0.25, 0.3) is 0 Å². The molecule has 0 radical (unpaired) electrons. The first kappa shape index (κ1) is 22.3. The van der Waals surface area contributed by atoms with Crippen LogP contribution in [0.5, 0.6) is 0 Å². The van der Waals surface area contributed by atoms with Crippen LogP contribution in [-0.4, -0.2) is 19.0 Å². The highest BCUT2D eigenvalue weighted by molar-refractivity contribution is 5.85. The van der Waals surface area contributed by atoms with Crippen LogP contribution in [0.2, 0.25) is 0 Å². The Kier molecular flexibility index (Phi) is 8.39. The standard InChI is InChI=1S/C22H26F2N2O.ClH/c1-15(18-3-2-12-25-14-18)13-21(27)26-22(16-4-8-19(23)9-5-16)17-6-10-20(24)11-7-17;/h4-11,15,18,22,25H,2-3,12-14H2,1H3,(H,26,27);1H. The van der Waals surface area contributed by atoms with E-state index in [4.69, 9.17) is 0 Å². The largest absolute Gasteiger partial charge is 0.345 e. The van der Waals surface area contributed by atoms with E-state index >= 15 is 0 Å². The van der Waals surface area contributed by atoms with E-state index in [1.54, 1.807) is 24.3 Å². The summed E-state index contributed by atoms with van der Waals surface area (Å²) in [6, 6.07) is 11.6. The highest BCUT2D eigenvalue weighted by atomic mass is 35.5. The molecule has 1 aliphatic rings. The number of carbonyl (C=O) groups excluding carboxylic acids is 1. The second kappa shape index (κ2) is 10.5. The minimum absolute atomic E-state index is 0. The topological polar surface area (TPSA) is 41.1 Å². The predicted molar refractivity (Wildman–Crippen MR) is 109 cm³/mol. The molecule has 2 atom stereocenters. The predicted octanol–water partition coefficient (Wildman–Crippen LogP) is 4.62. The van der Waals surface area contributed by atoms with E-state index in [1.807, 2.05) is 0 Å². The van der Waals surface area contributed by atoms with Crippen LogP contribution in [0.1, 0.15) is 43.4 Å². The van der Waals surface area contributed by atoms with Crippen LogP contribution in [-0.2, 0) is 4.79 Å². The quantitative estimate of drug-likeness (QED) is 0.732. The number of carbonyl (C=O) groups is 1. The monoisotopic (exact) mass is 408 g/mol. The molecule has 0 aromatic heterocycles. The SMILES string of the molecule is CC(CC(=O)NC(c1ccc(F)cc1)c1ccc(F)cc1)C1CCCNC1.Cl. The van der Waals surface area contributed by atoms with Crippen LogP contribution < -0.4 is 10.6 Å². The van der Waals surface area contributed by atoms with Gasteiger partial charge in [-0.1, -0.05) is 31.2 Å². The fourth-order valence-corrected chi connectivity index (χ4v) is 3.71. The summed E-state index contributed by atoms with van der Waals surface area (Å²) in [6.07, 6.45) is 2.72. The van der Waals surface area contributed by atoms with Crippen LogP contribution >= 0.6 is 12.4 Å². The summed E-state index contributed by atoms with van der Waals surface area (Å²) in [5.41, 5.74) is 1.53. The van der Waals surface area contributed by atoms with Gasteiger partial charge in [0.2, 0.25) is 5.91 Å². The van der Waals surface area contributed by atoms with Crippen LogP contribution in [0.4, 0.5) is 8.78 Å². The third-order valence-electron chi connectivity index (χ3n) is 5.36. The van der Waals surface area contributed by atoms with Gasteiger partial charge in [-0.15, -0.1) is 12.4 Å². The van der Waals surface area contributed by atoms with E-state index in [9.17, 15) is 13.6 Å². The molecule has 1 saturated heterocycles. The first-order valence-corrected chi connectivity index (χ1v) is 9.54. The zero-order valence-electron chi connectivity index (χ0n) is 16.0. The van der Waals surface area contributed by atoms with Crippen molar-refractivity contribution < 1.29 is 13.6 Å². The van der Waals surface area contributed by atoms with Crippen molar-refractivity contribution in [1.82, 2.24) is 10.6 Å². The smallest absolute Gasteiger partial charge is 0.221 e. The van der Waals surface area contributed by atoms with Crippen LogP contribution in [0.25, 0.3) is 0 Å². The number of nitrogens with one attached hydrogen (secondary N) is 2. The molecule has 28 heavy (non-hydrogen) atoms. The van der Waals surface area contributed by atoms with Gasteiger partial charge in [-0.25, -0.2) is 8.78 Å². The van der Waals surface area contributed by atoms with E-state index in [-0.39, 0.29) is 35.9 Å². The van der Waals surface area contributed by atoms with Gasteiger partial charge < -0.3 is 10.6 Å². The Balaban J connectivity index is 0.00000280. The van der Waals surface area contributed by atoms with Crippen LogP contribution in [0.15, 0.2) is 48.5 Å². The summed E-state index contributed by atoms with van der Waals surface area (Å²) in [4.78, 5) is 12.7. The number of halogens is 3. The van der Waals surface area contributed by atoms with Gasteiger partial charge in [0.05, 0.1) is 6.04 Å². The fraction of sp³-hybridized carbons (Fsp3) is 0.409. The maximum Gasteiger partial charge on any atom is 0.221 e. The Morgan fingerprint density at radius 1 is 1.07 bits per heavy atom. The first-order valence-electron chi connectivity index (χ1n) is 9.54. The summed E-state index contributed by atoms with van der Waals surface area (Å²) in [5.74, 6) is 0.0638. The molecule has 1 aliphatic heterocycles. The van der Waals surface area contributed by atoms with E-state index in [0.717, 1.165) is 37.1 Å². The minimum atomic E-state index is -0.435. The maximum absolute atomic E-state index is 13.3. The molecule has 1 amide bonds.